The number of nitrogens with zero attached hydrogens (tertiary/aromatic N) is 2. The zero-order chi connectivity index (χ0) is 17.5. The molecule has 4 nitrogen and oxygen atoms in total. The number of aryl methyl sites for hydroxylation is 1. The van der Waals surface area contributed by atoms with Crippen LogP contribution in [0.4, 0.5) is 0 Å². The normalized spacial score (nSPS) is 17.2. The fraction of sp³-hybridized carbons (Fsp3) is 0.476. The zero-order valence-corrected chi connectivity index (χ0v) is 15.3. The first kappa shape index (κ1) is 17.9. The lowest BCUT2D eigenvalue weighted by atomic mass is 10.1. The summed E-state index contributed by atoms with van der Waals surface area (Å²) >= 11 is 0. The number of pyridine rings is 1. The van der Waals surface area contributed by atoms with Crippen molar-refractivity contribution in [2.24, 2.45) is 0 Å². The van der Waals surface area contributed by atoms with Crippen LogP contribution in [0.2, 0.25) is 0 Å². The van der Waals surface area contributed by atoms with E-state index in [0.29, 0.717) is 12.7 Å². The standard InChI is InChI=1S/C21H28N2O2/c1-17-7-5-10-21(18(17)2)25-14-12-23(16-20-9-6-13-24-20)15-19-8-3-4-11-22-19/h3-5,7-8,10-11,20H,6,9,12-16H2,1-2H3. The van der Waals surface area contributed by atoms with E-state index in [1.165, 1.54) is 17.5 Å². The van der Waals surface area contributed by atoms with Gasteiger partial charge in [0.25, 0.3) is 0 Å². The molecule has 0 aliphatic carbocycles. The van der Waals surface area contributed by atoms with Crippen molar-refractivity contribution in [1.29, 1.82) is 0 Å². The van der Waals surface area contributed by atoms with Gasteiger partial charge < -0.3 is 9.47 Å². The van der Waals surface area contributed by atoms with E-state index in [2.05, 4.69) is 41.9 Å². The van der Waals surface area contributed by atoms with Gasteiger partial charge in [-0.25, -0.2) is 0 Å². The van der Waals surface area contributed by atoms with E-state index in [0.717, 1.165) is 44.1 Å². The van der Waals surface area contributed by atoms with E-state index in [9.17, 15) is 0 Å². The van der Waals surface area contributed by atoms with Gasteiger partial charge in [-0.1, -0.05) is 18.2 Å². The van der Waals surface area contributed by atoms with Crippen molar-refractivity contribution >= 4 is 0 Å². The Labute approximate surface area is 150 Å². The highest BCUT2D eigenvalue weighted by Gasteiger charge is 2.19. The summed E-state index contributed by atoms with van der Waals surface area (Å²) in [6.45, 7) is 8.42. The van der Waals surface area contributed by atoms with Crippen LogP contribution in [-0.2, 0) is 11.3 Å². The summed E-state index contributed by atoms with van der Waals surface area (Å²) in [5.41, 5.74) is 3.58. The smallest absolute Gasteiger partial charge is 0.122 e. The molecule has 0 N–H and O–H groups in total. The SMILES string of the molecule is Cc1cccc(OCCN(Cc2ccccn2)CC2CCCO2)c1C. The largest absolute Gasteiger partial charge is 0.492 e. The molecule has 0 amide bonds. The Morgan fingerprint density at radius 3 is 2.88 bits per heavy atom. The molecule has 134 valence electrons. The third-order valence-corrected chi connectivity index (χ3v) is 4.82. The molecule has 4 heteroatoms. The van der Waals surface area contributed by atoms with Gasteiger partial charge in [-0.2, -0.15) is 0 Å². The first-order valence-corrected chi connectivity index (χ1v) is 9.15. The number of hydrogen-bond acceptors (Lipinski definition) is 4. The minimum absolute atomic E-state index is 0.337. The molecule has 0 saturated carbocycles. The average molecular weight is 340 g/mol. The summed E-state index contributed by atoms with van der Waals surface area (Å²) in [6.07, 6.45) is 4.51. The van der Waals surface area contributed by atoms with Crippen LogP contribution >= 0.6 is 0 Å². The summed E-state index contributed by atoms with van der Waals surface area (Å²) < 4.78 is 11.9. The number of aromatic nitrogens is 1. The molecule has 1 atom stereocenters. The van der Waals surface area contributed by atoms with E-state index in [1.54, 1.807) is 0 Å². The van der Waals surface area contributed by atoms with Crippen LogP contribution in [0.1, 0.15) is 29.7 Å². The topological polar surface area (TPSA) is 34.6 Å². The van der Waals surface area contributed by atoms with Gasteiger partial charge in [-0.3, -0.25) is 9.88 Å². The van der Waals surface area contributed by atoms with E-state index in [4.69, 9.17) is 9.47 Å². The maximum Gasteiger partial charge on any atom is 0.122 e. The van der Waals surface area contributed by atoms with Crippen LogP contribution < -0.4 is 4.74 Å². The molecule has 1 unspecified atom stereocenters. The first-order chi connectivity index (χ1) is 12.2. The second-order valence-corrected chi connectivity index (χ2v) is 6.74. The fourth-order valence-electron chi connectivity index (χ4n) is 3.20. The van der Waals surface area contributed by atoms with Crippen molar-refractivity contribution in [1.82, 2.24) is 9.88 Å². The number of benzene rings is 1. The Hall–Kier alpha value is -1.91. The van der Waals surface area contributed by atoms with Gasteiger partial charge >= 0.3 is 0 Å². The van der Waals surface area contributed by atoms with Gasteiger partial charge in [0.2, 0.25) is 0 Å². The monoisotopic (exact) mass is 340 g/mol. The second-order valence-electron chi connectivity index (χ2n) is 6.74. The molecule has 1 aromatic heterocycles. The predicted molar refractivity (Wildman–Crippen MR) is 99.9 cm³/mol. The minimum atomic E-state index is 0.337. The van der Waals surface area contributed by atoms with Gasteiger partial charge in [-0.15, -0.1) is 0 Å². The molecule has 1 saturated heterocycles. The van der Waals surface area contributed by atoms with E-state index < -0.39 is 0 Å². The average Bonchev–Trinajstić information content (AvgIpc) is 3.12. The first-order valence-electron chi connectivity index (χ1n) is 9.15. The van der Waals surface area contributed by atoms with Gasteiger partial charge in [-0.05, 0) is 56.0 Å². The lowest BCUT2D eigenvalue weighted by molar-refractivity contribution is 0.0649. The highest BCUT2D eigenvalue weighted by molar-refractivity contribution is 5.38. The van der Waals surface area contributed by atoms with Crippen molar-refractivity contribution in [2.75, 3.05) is 26.3 Å². The molecule has 3 rings (SSSR count). The van der Waals surface area contributed by atoms with Gasteiger partial charge in [0.1, 0.15) is 12.4 Å². The summed E-state index contributed by atoms with van der Waals surface area (Å²) in [4.78, 5) is 6.85. The second kappa shape index (κ2) is 8.97. The molecule has 2 heterocycles. The molecule has 25 heavy (non-hydrogen) atoms. The van der Waals surface area contributed by atoms with Crippen LogP contribution in [0.15, 0.2) is 42.6 Å². The summed E-state index contributed by atoms with van der Waals surface area (Å²) in [7, 11) is 0. The quantitative estimate of drug-likeness (QED) is 0.733. The fourth-order valence-corrected chi connectivity index (χ4v) is 3.20. The molecular weight excluding hydrogens is 312 g/mol. The van der Waals surface area contributed by atoms with Crippen molar-refractivity contribution in [3.8, 4) is 5.75 Å². The lowest BCUT2D eigenvalue weighted by Gasteiger charge is -2.25. The molecule has 1 aliphatic rings. The minimum Gasteiger partial charge on any atom is -0.492 e. The Morgan fingerprint density at radius 2 is 2.12 bits per heavy atom. The third-order valence-electron chi connectivity index (χ3n) is 4.82. The Balaban J connectivity index is 1.57. The van der Waals surface area contributed by atoms with E-state index >= 15 is 0 Å². The van der Waals surface area contributed by atoms with Crippen molar-refractivity contribution in [2.45, 2.75) is 39.3 Å². The molecule has 1 aromatic carbocycles. The van der Waals surface area contributed by atoms with Crippen LogP contribution in [-0.4, -0.2) is 42.3 Å². The Bertz CT molecular complexity index is 654. The van der Waals surface area contributed by atoms with Crippen LogP contribution in [0.3, 0.4) is 0 Å². The van der Waals surface area contributed by atoms with Crippen LogP contribution in [0.5, 0.6) is 5.75 Å². The predicted octanol–water partition coefficient (Wildman–Crippen LogP) is 3.76. The lowest BCUT2D eigenvalue weighted by Crippen LogP contribution is -2.35. The van der Waals surface area contributed by atoms with Crippen molar-refractivity contribution in [3.05, 3.63) is 59.4 Å². The van der Waals surface area contributed by atoms with Gasteiger partial charge in [0.05, 0.1) is 11.8 Å². The number of hydrogen-bond donors (Lipinski definition) is 0. The highest BCUT2D eigenvalue weighted by atomic mass is 16.5. The van der Waals surface area contributed by atoms with E-state index in [1.807, 2.05) is 24.4 Å². The molecule has 1 aliphatic heterocycles. The number of ether oxygens (including phenoxy) is 2. The summed E-state index contributed by atoms with van der Waals surface area (Å²) in [5.74, 6) is 0.981. The molecule has 2 aromatic rings. The van der Waals surface area contributed by atoms with Crippen LogP contribution in [0, 0.1) is 13.8 Å². The molecule has 0 bridgehead atoms. The number of rotatable bonds is 8. The van der Waals surface area contributed by atoms with Gasteiger partial charge in [0, 0.05) is 32.4 Å². The Morgan fingerprint density at radius 1 is 1.20 bits per heavy atom. The van der Waals surface area contributed by atoms with Crippen molar-refractivity contribution < 1.29 is 9.47 Å². The molecule has 0 radical (unpaired) electrons. The maximum atomic E-state index is 6.05. The molecule has 0 spiro atoms. The Kier molecular flexibility index (Phi) is 6.42. The third kappa shape index (κ3) is 5.28. The van der Waals surface area contributed by atoms with E-state index in [-0.39, 0.29) is 0 Å². The molecular formula is C21H28N2O2. The summed E-state index contributed by atoms with van der Waals surface area (Å²) in [5, 5.41) is 0. The van der Waals surface area contributed by atoms with Crippen LogP contribution in [0.25, 0.3) is 0 Å². The summed E-state index contributed by atoms with van der Waals surface area (Å²) in [6, 6.07) is 12.3. The molecule has 1 fully saturated rings. The zero-order valence-electron chi connectivity index (χ0n) is 15.3. The van der Waals surface area contributed by atoms with Crippen molar-refractivity contribution in [3.63, 3.8) is 0 Å². The van der Waals surface area contributed by atoms with Gasteiger partial charge in [0.15, 0.2) is 0 Å². The maximum absolute atomic E-state index is 6.05. The highest BCUT2D eigenvalue weighted by Crippen LogP contribution is 2.20.